The van der Waals surface area contributed by atoms with Crippen LogP contribution in [0, 0.1) is 5.92 Å². The number of hydrogen-bond donors (Lipinski definition) is 2. The van der Waals surface area contributed by atoms with Crippen molar-refractivity contribution in [3.63, 3.8) is 0 Å². The Morgan fingerprint density at radius 3 is 2.45 bits per heavy atom. The fourth-order valence-electron chi connectivity index (χ4n) is 3.56. The Morgan fingerprint density at radius 1 is 1.16 bits per heavy atom. The topological polar surface area (TPSA) is 87.1 Å². The molecule has 0 spiro atoms. The summed E-state index contributed by atoms with van der Waals surface area (Å²) in [5.41, 5.74) is 1.26. The lowest BCUT2D eigenvalue weighted by molar-refractivity contribution is -0.119. The lowest BCUT2D eigenvalue weighted by Crippen LogP contribution is -2.31. The van der Waals surface area contributed by atoms with Gasteiger partial charge < -0.3 is 14.9 Å². The van der Waals surface area contributed by atoms with E-state index in [2.05, 4.69) is 0 Å². The Labute approximate surface area is 186 Å². The van der Waals surface area contributed by atoms with Crippen LogP contribution in [0.1, 0.15) is 31.9 Å². The van der Waals surface area contributed by atoms with E-state index in [1.54, 1.807) is 49.9 Å². The molecule has 7 heteroatoms. The monoisotopic (exact) mass is 441 g/mol. The fourth-order valence-corrected chi connectivity index (χ4v) is 3.96. The summed E-state index contributed by atoms with van der Waals surface area (Å²) in [6.45, 7) is 3.77. The molecule has 0 saturated carbocycles. The normalized spacial score (nSPS) is 16.4. The molecule has 31 heavy (non-hydrogen) atoms. The van der Waals surface area contributed by atoms with E-state index in [1.165, 1.54) is 4.90 Å². The Kier molecular flexibility index (Phi) is 7.41. The van der Waals surface area contributed by atoms with Gasteiger partial charge in [-0.2, -0.15) is 0 Å². The molecule has 1 unspecified atom stereocenters. The van der Waals surface area contributed by atoms with Gasteiger partial charge in [-0.3, -0.25) is 14.5 Å². The number of aliphatic hydroxyl groups is 2. The van der Waals surface area contributed by atoms with E-state index in [1.807, 2.05) is 30.5 Å². The molecule has 2 aromatic rings. The maximum Gasteiger partial charge on any atom is 0.294 e. The fraction of sp³-hybridized carbons (Fsp3) is 0.333. The number of carbonyl (C=O) groups is 2. The van der Waals surface area contributed by atoms with E-state index in [-0.39, 0.29) is 18.0 Å². The summed E-state index contributed by atoms with van der Waals surface area (Å²) in [4.78, 5) is 28.7. The molecule has 6 nitrogen and oxygen atoms in total. The number of benzene rings is 2. The molecule has 164 valence electrons. The minimum atomic E-state index is -0.812. The summed E-state index contributed by atoms with van der Waals surface area (Å²) in [6.07, 6.45) is 2.42. The zero-order chi connectivity index (χ0) is 22.5. The van der Waals surface area contributed by atoms with Crippen molar-refractivity contribution in [1.82, 2.24) is 0 Å². The minimum absolute atomic E-state index is 0.00419. The molecule has 0 aliphatic carbocycles. The van der Waals surface area contributed by atoms with Crippen LogP contribution in [0.4, 0.5) is 5.69 Å². The zero-order valence-electron chi connectivity index (χ0n) is 17.9. The summed E-state index contributed by atoms with van der Waals surface area (Å²) < 4.78 is 5.85. The number of ketones is 1. The molecule has 3 rings (SSSR count). The Morgan fingerprint density at radius 2 is 1.84 bits per heavy atom. The first kappa shape index (κ1) is 22.9. The van der Waals surface area contributed by atoms with Gasteiger partial charge in [0.15, 0.2) is 11.5 Å². The molecule has 1 aliphatic rings. The number of para-hydroxylation sites is 1. The second kappa shape index (κ2) is 10.0. The molecular formula is C24H27NO5S. The number of ether oxygens (including phenoxy) is 1. The Balaban J connectivity index is 2.14. The highest BCUT2D eigenvalue weighted by Crippen LogP contribution is 2.44. The van der Waals surface area contributed by atoms with Crippen LogP contribution < -0.4 is 9.64 Å². The van der Waals surface area contributed by atoms with Crippen molar-refractivity contribution in [3.8, 4) is 5.75 Å². The van der Waals surface area contributed by atoms with Crippen molar-refractivity contribution >= 4 is 29.1 Å². The highest BCUT2D eigenvalue weighted by atomic mass is 32.2. The maximum atomic E-state index is 13.1. The summed E-state index contributed by atoms with van der Waals surface area (Å²) in [7, 11) is 0. The smallest absolute Gasteiger partial charge is 0.294 e. The third-order valence-corrected chi connectivity index (χ3v) is 5.87. The van der Waals surface area contributed by atoms with Gasteiger partial charge >= 0.3 is 0 Å². The molecule has 0 aromatic heterocycles. The van der Waals surface area contributed by atoms with Crippen molar-refractivity contribution < 1.29 is 24.5 Å². The number of rotatable bonds is 9. The molecule has 0 fully saturated rings. The quantitative estimate of drug-likeness (QED) is 0.446. The van der Waals surface area contributed by atoms with Crippen LogP contribution in [0.2, 0.25) is 0 Å². The first-order valence-corrected chi connectivity index (χ1v) is 11.4. The first-order valence-electron chi connectivity index (χ1n) is 10.2. The predicted octanol–water partition coefficient (Wildman–Crippen LogP) is 4.29. The highest BCUT2D eigenvalue weighted by Gasteiger charge is 2.45. The minimum Gasteiger partial charge on any atom is -0.503 e. The second-order valence-corrected chi connectivity index (χ2v) is 8.40. The first-order chi connectivity index (χ1) is 14.9. The average Bonchev–Trinajstić information content (AvgIpc) is 3.04. The number of carbonyl (C=O) groups excluding carboxylic acids is 2. The number of anilines is 1. The Bertz CT molecular complexity index is 984. The van der Waals surface area contributed by atoms with E-state index in [9.17, 15) is 14.7 Å². The highest BCUT2D eigenvalue weighted by molar-refractivity contribution is 7.98. The van der Waals surface area contributed by atoms with Crippen LogP contribution in [0.25, 0.3) is 0 Å². The van der Waals surface area contributed by atoms with Gasteiger partial charge in [-0.1, -0.05) is 32.0 Å². The number of hydrogen-bond acceptors (Lipinski definition) is 6. The molecule has 0 radical (unpaired) electrons. The van der Waals surface area contributed by atoms with Crippen molar-refractivity contribution in [2.45, 2.75) is 31.2 Å². The summed E-state index contributed by atoms with van der Waals surface area (Å²) >= 11 is 1.58. The van der Waals surface area contributed by atoms with Crippen molar-refractivity contribution in [3.05, 3.63) is 65.4 Å². The molecule has 0 saturated heterocycles. The van der Waals surface area contributed by atoms with Crippen LogP contribution in [-0.4, -0.2) is 41.4 Å². The number of thioether (sulfide) groups is 1. The average molecular weight is 442 g/mol. The number of amides is 1. The summed E-state index contributed by atoms with van der Waals surface area (Å²) in [5, 5.41) is 19.8. The third kappa shape index (κ3) is 4.62. The molecule has 1 aliphatic heterocycles. The van der Waals surface area contributed by atoms with Gasteiger partial charge in [0.1, 0.15) is 5.75 Å². The van der Waals surface area contributed by atoms with E-state index < -0.39 is 23.6 Å². The van der Waals surface area contributed by atoms with Crippen molar-refractivity contribution in [1.29, 1.82) is 0 Å². The molecule has 2 aromatic carbocycles. The molecule has 1 amide bonds. The van der Waals surface area contributed by atoms with Gasteiger partial charge in [-0.25, -0.2) is 0 Å². The van der Waals surface area contributed by atoms with Gasteiger partial charge in [0.25, 0.3) is 5.91 Å². The standard InChI is InChI=1S/C24H27NO5S/c1-15(2)22(27)20-21(18-7-4-5-8-19(18)30-14-6-13-26)25(24(29)23(20)28)16-9-11-17(31-3)12-10-16/h4-5,7-12,15,21,26,28H,6,13-14H2,1-3H3. The largest absolute Gasteiger partial charge is 0.503 e. The van der Waals surface area contributed by atoms with Gasteiger partial charge in [-0.05, 0) is 36.6 Å². The van der Waals surface area contributed by atoms with E-state index in [4.69, 9.17) is 9.84 Å². The lowest BCUT2D eigenvalue weighted by Gasteiger charge is -2.28. The van der Waals surface area contributed by atoms with Crippen LogP contribution in [0.15, 0.2) is 64.8 Å². The zero-order valence-corrected chi connectivity index (χ0v) is 18.7. The lowest BCUT2D eigenvalue weighted by atomic mass is 9.90. The SMILES string of the molecule is CSc1ccc(N2C(=O)C(O)=C(C(=O)C(C)C)C2c2ccccc2OCCCO)cc1. The second-order valence-electron chi connectivity index (χ2n) is 7.52. The van der Waals surface area contributed by atoms with Crippen LogP contribution in [0.5, 0.6) is 5.75 Å². The number of Topliss-reactive ketones (excluding diaryl/α,β-unsaturated/α-hetero) is 1. The van der Waals surface area contributed by atoms with Crippen molar-refractivity contribution in [2.75, 3.05) is 24.4 Å². The predicted molar refractivity (Wildman–Crippen MR) is 122 cm³/mol. The maximum absolute atomic E-state index is 13.1. The van der Waals surface area contributed by atoms with Crippen LogP contribution in [-0.2, 0) is 9.59 Å². The summed E-state index contributed by atoms with van der Waals surface area (Å²) in [5.74, 6) is -1.32. The molecule has 1 heterocycles. The van der Waals surface area contributed by atoms with Crippen LogP contribution in [0.3, 0.4) is 0 Å². The van der Waals surface area contributed by atoms with Gasteiger partial charge in [-0.15, -0.1) is 11.8 Å². The van der Waals surface area contributed by atoms with Crippen LogP contribution >= 0.6 is 11.8 Å². The van der Waals surface area contributed by atoms with E-state index in [0.717, 1.165) is 4.90 Å². The summed E-state index contributed by atoms with van der Waals surface area (Å²) in [6, 6.07) is 13.8. The van der Waals surface area contributed by atoms with Gasteiger partial charge in [0.05, 0.1) is 18.2 Å². The van der Waals surface area contributed by atoms with Gasteiger partial charge in [0.2, 0.25) is 0 Å². The Hall–Kier alpha value is -2.77. The molecular weight excluding hydrogens is 414 g/mol. The molecule has 2 N–H and O–H groups in total. The van der Waals surface area contributed by atoms with Gasteiger partial charge in [0, 0.05) is 35.1 Å². The molecule has 1 atom stereocenters. The third-order valence-electron chi connectivity index (χ3n) is 5.12. The van der Waals surface area contributed by atoms with Crippen molar-refractivity contribution in [2.24, 2.45) is 5.92 Å². The van der Waals surface area contributed by atoms with E-state index >= 15 is 0 Å². The number of nitrogens with zero attached hydrogens (tertiary/aromatic N) is 1. The molecule has 0 bridgehead atoms. The number of aliphatic hydroxyl groups excluding tert-OH is 2. The van der Waals surface area contributed by atoms with E-state index in [0.29, 0.717) is 30.0 Å².